The van der Waals surface area contributed by atoms with Gasteiger partial charge in [-0.25, -0.2) is 4.39 Å². The van der Waals surface area contributed by atoms with Crippen LogP contribution in [0.15, 0.2) is 23.7 Å². The lowest BCUT2D eigenvalue weighted by Crippen LogP contribution is -1.99. The third-order valence-electron chi connectivity index (χ3n) is 1.79. The monoisotopic (exact) mass is 225 g/mol. The highest BCUT2D eigenvalue weighted by Crippen LogP contribution is 2.23. The first-order valence-electron chi connectivity index (χ1n) is 4.22. The van der Waals surface area contributed by atoms with E-state index in [-0.39, 0.29) is 12.4 Å². The Balaban J connectivity index is 2.20. The summed E-state index contributed by atoms with van der Waals surface area (Å²) in [6, 6.07) is 4.52. The van der Waals surface area contributed by atoms with E-state index in [1.54, 1.807) is 17.6 Å². The number of rotatable bonds is 3. The van der Waals surface area contributed by atoms with Crippen molar-refractivity contribution in [3.63, 3.8) is 0 Å². The van der Waals surface area contributed by atoms with Crippen LogP contribution in [-0.4, -0.2) is 10.2 Å². The molecule has 1 heterocycles. The normalized spacial score (nSPS) is 10.3. The van der Waals surface area contributed by atoms with Gasteiger partial charge in [0.15, 0.2) is 0 Å². The lowest BCUT2D eigenvalue weighted by Gasteiger charge is -2.03. The largest absolute Gasteiger partial charge is 0.430 e. The van der Waals surface area contributed by atoms with Crippen molar-refractivity contribution in [3.05, 3.63) is 35.1 Å². The predicted octanol–water partition coefficient (Wildman–Crippen LogP) is 1.93. The first kappa shape index (κ1) is 10.0. The third-order valence-corrected chi connectivity index (χ3v) is 2.36. The van der Waals surface area contributed by atoms with Crippen LogP contribution >= 0.6 is 11.3 Å². The summed E-state index contributed by atoms with van der Waals surface area (Å²) in [4.78, 5) is 0. The van der Waals surface area contributed by atoms with Crippen LogP contribution in [0.5, 0.6) is 10.9 Å². The molecule has 2 N–H and O–H groups in total. The van der Waals surface area contributed by atoms with E-state index in [2.05, 4.69) is 10.2 Å². The van der Waals surface area contributed by atoms with Crippen molar-refractivity contribution in [2.45, 2.75) is 6.54 Å². The molecule has 1 aromatic carbocycles. The molecule has 0 aliphatic rings. The highest BCUT2D eigenvalue weighted by atomic mass is 32.1. The number of hydrogen-bond acceptors (Lipinski definition) is 5. The fourth-order valence-corrected chi connectivity index (χ4v) is 1.49. The van der Waals surface area contributed by atoms with Crippen LogP contribution in [0, 0.1) is 5.82 Å². The van der Waals surface area contributed by atoms with Gasteiger partial charge < -0.3 is 10.5 Å². The van der Waals surface area contributed by atoms with Gasteiger partial charge in [0.25, 0.3) is 5.19 Å². The molecule has 0 saturated heterocycles. The molecule has 0 atom stereocenters. The van der Waals surface area contributed by atoms with Gasteiger partial charge in [-0.05, 0) is 6.07 Å². The number of nitrogens with two attached hydrogens (primary N) is 1. The Kier molecular flexibility index (Phi) is 2.89. The van der Waals surface area contributed by atoms with E-state index in [0.717, 1.165) is 0 Å². The quantitative estimate of drug-likeness (QED) is 0.867. The lowest BCUT2D eigenvalue weighted by molar-refractivity contribution is 0.467. The molecule has 4 nitrogen and oxygen atoms in total. The van der Waals surface area contributed by atoms with Crippen LogP contribution in [0.4, 0.5) is 4.39 Å². The van der Waals surface area contributed by atoms with Gasteiger partial charge in [-0.15, -0.1) is 5.10 Å². The van der Waals surface area contributed by atoms with E-state index < -0.39 is 0 Å². The molecule has 0 unspecified atom stereocenters. The van der Waals surface area contributed by atoms with Crippen molar-refractivity contribution >= 4 is 11.3 Å². The zero-order valence-electron chi connectivity index (χ0n) is 7.68. The van der Waals surface area contributed by atoms with Crippen LogP contribution in [0.1, 0.15) is 5.56 Å². The molecule has 2 rings (SSSR count). The van der Waals surface area contributed by atoms with Crippen molar-refractivity contribution < 1.29 is 9.13 Å². The van der Waals surface area contributed by atoms with E-state index in [1.165, 1.54) is 17.4 Å². The van der Waals surface area contributed by atoms with E-state index >= 15 is 0 Å². The first-order valence-corrected chi connectivity index (χ1v) is 5.10. The zero-order valence-corrected chi connectivity index (χ0v) is 8.50. The summed E-state index contributed by atoms with van der Waals surface area (Å²) in [6.07, 6.45) is 0. The molecular formula is C9H8FN3OS. The molecule has 0 bridgehead atoms. The molecule has 0 spiro atoms. The van der Waals surface area contributed by atoms with Gasteiger partial charge >= 0.3 is 0 Å². The number of hydrogen-bond donors (Lipinski definition) is 1. The maximum Gasteiger partial charge on any atom is 0.299 e. The highest BCUT2D eigenvalue weighted by Gasteiger charge is 2.05. The first-order chi connectivity index (χ1) is 7.29. The average Bonchev–Trinajstić information content (AvgIpc) is 2.71. The Labute approximate surface area is 89.5 Å². The Bertz CT molecular complexity index is 447. The van der Waals surface area contributed by atoms with Crippen molar-refractivity contribution in [3.8, 4) is 10.9 Å². The van der Waals surface area contributed by atoms with E-state index in [4.69, 9.17) is 10.5 Å². The Morgan fingerprint density at radius 2 is 2.33 bits per heavy atom. The SMILES string of the molecule is NCc1ccc(Oc2nncs2)cc1F. The summed E-state index contributed by atoms with van der Waals surface area (Å²) < 4.78 is 18.5. The number of aromatic nitrogens is 2. The molecule has 78 valence electrons. The second kappa shape index (κ2) is 4.33. The summed E-state index contributed by atoms with van der Waals surface area (Å²) in [7, 11) is 0. The third kappa shape index (κ3) is 2.28. The van der Waals surface area contributed by atoms with Crippen LogP contribution in [0.2, 0.25) is 0 Å². The average molecular weight is 225 g/mol. The fraction of sp³-hybridized carbons (Fsp3) is 0.111. The van der Waals surface area contributed by atoms with E-state index in [1.807, 2.05) is 0 Å². The summed E-state index contributed by atoms with van der Waals surface area (Å²) in [5.41, 5.74) is 7.34. The van der Waals surface area contributed by atoms with Crippen molar-refractivity contribution in [1.82, 2.24) is 10.2 Å². The molecule has 0 aliphatic carbocycles. The van der Waals surface area contributed by atoms with Gasteiger partial charge in [-0.3, -0.25) is 0 Å². The summed E-state index contributed by atoms with van der Waals surface area (Å²) in [5.74, 6) is 0.0148. The summed E-state index contributed by atoms with van der Waals surface area (Å²) in [5, 5.41) is 7.67. The minimum absolute atomic E-state index is 0.172. The predicted molar refractivity (Wildman–Crippen MR) is 54.3 cm³/mol. The Morgan fingerprint density at radius 3 is 2.93 bits per heavy atom. The lowest BCUT2D eigenvalue weighted by atomic mass is 10.2. The molecule has 0 radical (unpaired) electrons. The second-order valence-corrected chi connectivity index (χ2v) is 3.56. The van der Waals surface area contributed by atoms with Crippen LogP contribution < -0.4 is 10.5 Å². The van der Waals surface area contributed by atoms with Gasteiger partial charge in [0.05, 0.1) is 0 Å². The number of halogens is 1. The van der Waals surface area contributed by atoms with Gasteiger partial charge in [0.1, 0.15) is 17.1 Å². The summed E-state index contributed by atoms with van der Waals surface area (Å²) in [6.45, 7) is 0.172. The number of benzene rings is 1. The van der Waals surface area contributed by atoms with Crippen LogP contribution in [0.3, 0.4) is 0 Å². The molecule has 0 amide bonds. The Hall–Kier alpha value is -1.53. The topological polar surface area (TPSA) is 61.0 Å². The molecule has 1 aromatic heterocycles. The minimum Gasteiger partial charge on any atom is -0.430 e. The smallest absolute Gasteiger partial charge is 0.299 e. The molecule has 2 aromatic rings. The van der Waals surface area contributed by atoms with E-state index in [9.17, 15) is 4.39 Å². The maximum atomic E-state index is 13.3. The highest BCUT2D eigenvalue weighted by molar-refractivity contribution is 7.11. The molecule has 15 heavy (non-hydrogen) atoms. The van der Waals surface area contributed by atoms with Crippen molar-refractivity contribution in [2.24, 2.45) is 5.73 Å². The van der Waals surface area contributed by atoms with Gasteiger partial charge in [-0.2, -0.15) is 0 Å². The standard InChI is InChI=1S/C9H8FN3OS/c10-8-3-7(2-1-6(8)4-11)14-9-13-12-5-15-9/h1-3,5H,4,11H2. The fourth-order valence-electron chi connectivity index (χ4n) is 1.07. The molecule has 0 saturated carbocycles. The summed E-state index contributed by atoms with van der Waals surface area (Å²) >= 11 is 1.24. The maximum absolute atomic E-state index is 13.3. The van der Waals surface area contributed by atoms with Crippen molar-refractivity contribution in [2.75, 3.05) is 0 Å². The van der Waals surface area contributed by atoms with Gasteiger partial charge in [-0.1, -0.05) is 22.5 Å². The molecule has 0 fully saturated rings. The second-order valence-electron chi connectivity index (χ2n) is 2.76. The van der Waals surface area contributed by atoms with Gasteiger partial charge in [0.2, 0.25) is 0 Å². The van der Waals surface area contributed by atoms with E-state index in [0.29, 0.717) is 16.5 Å². The zero-order chi connectivity index (χ0) is 10.7. The van der Waals surface area contributed by atoms with Gasteiger partial charge in [0, 0.05) is 18.2 Å². The van der Waals surface area contributed by atoms with Crippen molar-refractivity contribution in [1.29, 1.82) is 0 Å². The molecule has 0 aliphatic heterocycles. The molecule has 6 heteroatoms. The Morgan fingerprint density at radius 1 is 1.47 bits per heavy atom. The minimum atomic E-state index is -0.375. The number of nitrogens with zero attached hydrogens (tertiary/aromatic N) is 2. The number of ether oxygens (including phenoxy) is 1. The van der Waals surface area contributed by atoms with Crippen LogP contribution in [0.25, 0.3) is 0 Å². The van der Waals surface area contributed by atoms with Crippen LogP contribution in [-0.2, 0) is 6.54 Å². The molecular weight excluding hydrogens is 217 g/mol.